The van der Waals surface area contributed by atoms with Gasteiger partial charge in [-0.1, -0.05) is 158 Å². The van der Waals surface area contributed by atoms with Gasteiger partial charge in [-0.2, -0.15) is 4.99 Å². The van der Waals surface area contributed by atoms with E-state index in [1.807, 2.05) is 24.3 Å². The molecule has 1 atom stereocenters. The Bertz CT molecular complexity index is 3210. The molecule has 2 N–H and O–H groups in total. The maximum atomic E-state index is 7.30. The highest BCUT2D eigenvalue weighted by molar-refractivity contribution is 6.26. The van der Waals surface area contributed by atoms with E-state index in [0.717, 1.165) is 55.4 Å². The van der Waals surface area contributed by atoms with Gasteiger partial charge in [0, 0.05) is 21.7 Å². The second-order valence-corrected chi connectivity index (χ2v) is 15.0. The van der Waals surface area contributed by atoms with E-state index in [4.69, 9.17) is 14.4 Å². The molecule has 2 aliphatic heterocycles. The molecular formula is C52H35N4O+. The molecule has 0 bridgehead atoms. The molecule has 0 fully saturated rings. The van der Waals surface area contributed by atoms with Crippen molar-refractivity contribution in [2.24, 2.45) is 9.98 Å². The van der Waals surface area contributed by atoms with Gasteiger partial charge in [-0.15, -0.1) is 0 Å². The standard InChI is InChI=1S/C52H34N4O/c1-5-18-33(19-6-1)49-53-50(34-20-7-2-8-21-34)55-51(54-49)39-28-17-27-37-40-32-42-46-45(48(40)57-47(37)39)38-26-13-15-30-43(38)56(46)44-31-16-14-29-41(44)52(42,35-22-9-3-10-23-35)36-24-11-4-12-25-36/h1-32,51H,(H,53,54,55)/p+1. The summed E-state index contributed by atoms with van der Waals surface area (Å²) in [5.74, 6) is 1.61. The van der Waals surface area contributed by atoms with Gasteiger partial charge in [-0.3, -0.25) is 5.32 Å². The summed E-state index contributed by atoms with van der Waals surface area (Å²) in [7, 11) is 0. The van der Waals surface area contributed by atoms with Gasteiger partial charge >= 0.3 is 0 Å². The van der Waals surface area contributed by atoms with Crippen molar-refractivity contribution in [3.8, 4) is 5.69 Å². The van der Waals surface area contributed by atoms with Crippen LogP contribution in [0.4, 0.5) is 0 Å². The number of nitrogens with zero attached hydrogens (tertiary/aromatic N) is 3. The first-order valence-corrected chi connectivity index (χ1v) is 19.5. The van der Waals surface area contributed by atoms with E-state index in [1.165, 1.54) is 38.8 Å². The molecular weight excluding hydrogens is 697 g/mol. The van der Waals surface area contributed by atoms with Crippen molar-refractivity contribution in [2.45, 2.75) is 11.6 Å². The topological polar surface area (TPSA) is 59.4 Å². The molecule has 0 saturated heterocycles. The van der Waals surface area contributed by atoms with Crippen LogP contribution < -0.4 is 5.32 Å². The third kappa shape index (κ3) is 4.55. The average Bonchev–Trinajstić information content (AvgIpc) is 3.85. The number of aliphatic imine (C=N–C) groups is 2. The summed E-state index contributed by atoms with van der Waals surface area (Å²) < 4.78 is 9.78. The van der Waals surface area contributed by atoms with Gasteiger partial charge in [-0.05, 0) is 58.7 Å². The lowest BCUT2D eigenvalue weighted by atomic mass is 9.63. The Labute approximate surface area is 328 Å². The first-order chi connectivity index (χ1) is 28.3. The minimum absolute atomic E-state index is 0.318. The number of para-hydroxylation sites is 3. The van der Waals surface area contributed by atoms with Crippen LogP contribution in [0.1, 0.15) is 45.1 Å². The molecule has 1 unspecified atom stereocenters. The van der Waals surface area contributed by atoms with Gasteiger partial charge in [-0.25, -0.2) is 4.99 Å². The fourth-order valence-corrected chi connectivity index (χ4v) is 9.65. The van der Waals surface area contributed by atoms with E-state index in [2.05, 4.69) is 180 Å². The summed E-state index contributed by atoms with van der Waals surface area (Å²) in [4.78, 5) is 10.4. The molecule has 0 radical (unpaired) electrons. The predicted molar refractivity (Wildman–Crippen MR) is 231 cm³/mol. The highest BCUT2D eigenvalue weighted by Gasteiger charge is 2.46. The highest BCUT2D eigenvalue weighted by Crippen LogP contribution is 2.56. The van der Waals surface area contributed by atoms with E-state index in [9.17, 15) is 0 Å². The van der Waals surface area contributed by atoms with Gasteiger partial charge in [0.2, 0.25) is 12.0 Å². The molecule has 0 saturated carbocycles. The highest BCUT2D eigenvalue weighted by atomic mass is 16.3. The second kappa shape index (κ2) is 12.3. The van der Waals surface area contributed by atoms with Crippen molar-refractivity contribution >= 4 is 55.4 Å². The first-order valence-electron chi connectivity index (χ1n) is 19.5. The van der Waals surface area contributed by atoms with Crippen molar-refractivity contribution < 1.29 is 9.73 Å². The monoisotopic (exact) mass is 731 g/mol. The van der Waals surface area contributed by atoms with E-state index in [1.54, 1.807) is 0 Å². The quantitative estimate of drug-likeness (QED) is 0.188. The molecule has 8 aromatic carbocycles. The summed E-state index contributed by atoms with van der Waals surface area (Å²) >= 11 is 0. The molecule has 10 aromatic rings. The number of hydrogen-bond acceptors (Lipinski definition) is 3. The number of amidine groups is 2. The summed E-state index contributed by atoms with van der Waals surface area (Å²) in [6, 6.07) is 69.4. The van der Waals surface area contributed by atoms with Gasteiger partial charge in [0.25, 0.3) is 0 Å². The maximum absolute atomic E-state index is 7.30. The molecule has 5 nitrogen and oxygen atoms in total. The first kappa shape index (κ1) is 32.0. The zero-order chi connectivity index (χ0) is 37.5. The lowest BCUT2D eigenvalue weighted by Gasteiger charge is -2.41. The van der Waals surface area contributed by atoms with Crippen molar-refractivity contribution in [3.63, 3.8) is 0 Å². The zero-order valence-electron chi connectivity index (χ0n) is 30.9. The number of nitrogens with two attached hydrogens (primary N) is 1. The van der Waals surface area contributed by atoms with E-state index >= 15 is 0 Å². The number of fused-ring (bicyclic) bond motifs is 9. The number of quaternary nitrogens is 1. The smallest absolute Gasteiger partial charge is 0.235 e. The van der Waals surface area contributed by atoms with Crippen LogP contribution in [0.5, 0.6) is 0 Å². The molecule has 268 valence electrons. The van der Waals surface area contributed by atoms with E-state index in [-0.39, 0.29) is 6.17 Å². The molecule has 57 heavy (non-hydrogen) atoms. The van der Waals surface area contributed by atoms with E-state index in [0.29, 0.717) is 5.84 Å². The Balaban J connectivity index is 1.19. The lowest BCUT2D eigenvalue weighted by Crippen LogP contribution is -2.90. The van der Waals surface area contributed by atoms with Crippen LogP contribution in [0.15, 0.2) is 209 Å². The Kier molecular flexibility index (Phi) is 6.92. The SMILES string of the molecule is c1ccc(C2=NC(c3cccc4c3oc3c4cc4c5c3c3ccccc3n5-c3ccccc3C4(c3ccccc3)c3ccccc3)[NH2+]C(c3ccccc3)=N2)cc1. The van der Waals surface area contributed by atoms with Crippen LogP contribution in [0.2, 0.25) is 0 Å². The Hall–Kier alpha value is -7.34. The molecule has 0 aliphatic carbocycles. The lowest BCUT2D eigenvalue weighted by molar-refractivity contribution is -0.586. The molecule has 2 aromatic heterocycles. The molecule has 0 amide bonds. The zero-order valence-corrected chi connectivity index (χ0v) is 30.9. The van der Waals surface area contributed by atoms with Crippen molar-refractivity contribution in [3.05, 3.63) is 233 Å². The fourth-order valence-electron chi connectivity index (χ4n) is 9.65. The largest absolute Gasteiger partial charge is 0.455 e. The van der Waals surface area contributed by atoms with Gasteiger partial charge in [0.1, 0.15) is 11.2 Å². The van der Waals surface area contributed by atoms with Crippen LogP contribution in [0, 0.1) is 0 Å². The Morgan fingerprint density at radius 2 is 1.14 bits per heavy atom. The summed E-state index contributed by atoms with van der Waals surface area (Å²) in [5, 5.41) is 6.63. The maximum Gasteiger partial charge on any atom is 0.235 e. The van der Waals surface area contributed by atoms with Crippen molar-refractivity contribution in [2.75, 3.05) is 0 Å². The third-order valence-electron chi connectivity index (χ3n) is 12.0. The van der Waals surface area contributed by atoms with Crippen LogP contribution in [-0.4, -0.2) is 16.2 Å². The van der Waals surface area contributed by atoms with Gasteiger partial charge in [0.05, 0.1) is 38.6 Å². The van der Waals surface area contributed by atoms with Crippen molar-refractivity contribution in [1.29, 1.82) is 0 Å². The number of rotatable bonds is 5. The number of hydrogen-bond donors (Lipinski definition) is 1. The van der Waals surface area contributed by atoms with Crippen molar-refractivity contribution in [1.82, 2.24) is 4.57 Å². The van der Waals surface area contributed by atoms with Gasteiger partial charge in [0.15, 0.2) is 5.84 Å². The fraction of sp³-hybridized carbons (Fsp3) is 0.0385. The third-order valence-corrected chi connectivity index (χ3v) is 12.0. The molecule has 0 spiro atoms. The second-order valence-electron chi connectivity index (χ2n) is 15.0. The minimum atomic E-state index is -0.607. The molecule has 2 aliphatic rings. The predicted octanol–water partition coefficient (Wildman–Crippen LogP) is 10.8. The van der Waals surface area contributed by atoms with Crippen LogP contribution in [0.3, 0.4) is 0 Å². The molecule has 12 rings (SSSR count). The number of benzene rings is 8. The number of furan rings is 1. The molecule has 5 heteroatoms. The van der Waals surface area contributed by atoms with E-state index < -0.39 is 5.41 Å². The Morgan fingerprint density at radius 3 is 1.88 bits per heavy atom. The van der Waals surface area contributed by atoms with Crippen LogP contribution >= 0.6 is 0 Å². The normalized spacial score (nSPS) is 15.8. The van der Waals surface area contributed by atoms with Crippen LogP contribution in [-0.2, 0) is 5.41 Å². The minimum Gasteiger partial charge on any atom is -0.455 e. The number of aromatic nitrogens is 1. The van der Waals surface area contributed by atoms with Gasteiger partial charge < -0.3 is 8.98 Å². The summed E-state index contributed by atoms with van der Waals surface area (Å²) in [6.45, 7) is 0. The Morgan fingerprint density at radius 1 is 0.526 bits per heavy atom. The summed E-state index contributed by atoms with van der Waals surface area (Å²) in [6.07, 6.45) is -0.318. The molecule has 4 heterocycles. The van der Waals surface area contributed by atoms with Crippen LogP contribution in [0.25, 0.3) is 49.4 Å². The summed E-state index contributed by atoms with van der Waals surface area (Å²) in [5.41, 5.74) is 12.6. The average molecular weight is 732 g/mol.